The van der Waals surface area contributed by atoms with E-state index in [1.807, 2.05) is 12.2 Å². The Morgan fingerprint density at radius 1 is 0.333 bits per heavy atom. The lowest BCUT2D eigenvalue weighted by Crippen LogP contribution is -2.30. The van der Waals surface area contributed by atoms with E-state index in [1.165, 1.54) is 44.9 Å². The zero-order valence-corrected chi connectivity index (χ0v) is 40.0. The summed E-state index contributed by atoms with van der Waals surface area (Å²) in [5.74, 6) is -1.13. The van der Waals surface area contributed by atoms with E-state index >= 15 is 0 Å². The number of hydrogen-bond donors (Lipinski definition) is 0. The van der Waals surface area contributed by atoms with Gasteiger partial charge in [0.05, 0.1) is 0 Å². The molecule has 0 aromatic heterocycles. The molecule has 0 spiro atoms. The SMILES string of the molecule is CC/C=C\C/C=C\C/C=C\C/C=C\C/C=C\C/C=C\CCC(=O)OCC(COC(=O)CCCC/C=C\C/C=C\CC)OC(=O)CCC/C=C\C/C=C\C/C=C\CCCCCCCC. The summed E-state index contributed by atoms with van der Waals surface area (Å²) in [7, 11) is 0. The van der Waals surface area contributed by atoms with E-state index in [0.29, 0.717) is 19.3 Å². The monoisotopic (exact) mass is 869 g/mol. The van der Waals surface area contributed by atoms with Crippen LogP contribution in [0.1, 0.15) is 188 Å². The van der Waals surface area contributed by atoms with E-state index in [9.17, 15) is 14.4 Å². The first-order valence-corrected chi connectivity index (χ1v) is 24.7. The molecule has 0 aliphatic heterocycles. The van der Waals surface area contributed by atoms with Crippen LogP contribution in [0, 0.1) is 0 Å². The molecule has 0 fully saturated rings. The summed E-state index contributed by atoms with van der Waals surface area (Å²) >= 11 is 0. The molecule has 0 aliphatic rings. The highest BCUT2D eigenvalue weighted by molar-refractivity contribution is 5.71. The highest BCUT2D eigenvalue weighted by Gasteiger charge is 2.19. The second-order valence-corrected chi connectivity index (χ2v) is 15.6. The van der Waals surface area contributed by atoms with Gasteiger partial charge in [-0.25, -0.2) is 0 Å². The van der Waals surface area contributed by atoms with Gasteiger partial charge in [-0.05, 0) is 116 Å². The van der Waals surface area contributed by atoms with Crippen molar-refractivity contribution in [2.45, 2.75) is 194 Å². The average Bonchev–Trinajstić information content (AvgIpc) is 3.28. The fourth-order valence-corrected chi connectivity index (χ4v) is 5.99. The molecule has 0 aliphatic carbocycles. The van der Waals surface area contributed by atoms with Crippen LogP contribution in [0.3, 0.4) is 0 Å². The van der Waals surface area contributed by atoms with Crippen molar-refractivity contribution in [2.75, 3.05) is 13.2 Å². The molecule has 0 rings (SSSR count). The third kappa shape index (κ3) is 48.4. The maximum Gasteiger partial charge on any atom is 0.306 e. The second-order valence-electron chi connectivity index (χ2n) is 15.6. The van der Waals surface area contributed by atoms with Crippen LogP contribution in [0.5, 0.6) is 0 Å². The van der Waals surface area contributed by atoms with Gasteiger partial charge >= 0.3 is 17.9 Å². The number of rotatable bonds is 42. The van der Waals surface area contributed by atoms with Crippen molar-refractivity contribution in [3.05, 3.63) is 134 Å². The summed E-state index contributed by atoms with van der Waals surface area (Å²) in [6.45, 7) is 6.22. The molecule has 0 aromatic carbocycles. The average molecular weight is 869 g/mol. The summed E-state index contributed by atoms with van der Waals surface area (Å²) in [6, 6.07) is 0. The van der Waals surface area contributed by atoms with E-state index in [2.05, 4.69) is 142 Å². The van der Waals surface area contributed by atoms with Crippen molar-refractivity contribution in [1.82, 2.24) is 0 Å². The molecule has 0 saturated carbocycles. The van der Waals surface area contributed by atoms with Crippen LogP contribution in [-0.2, 0) is 28.6 Å². The van der Waals surface area contributed by atoms with Crippen LogP contribution < -0.4 is 0 Å². The van der Waals surface area contributed by atoms with Crippen molar-refractivity contribution < 1.29 is 28.6 Å². The molecule has 0 N–H and O–H groups in total. The molecule has 6 nitrogen and oxygen atoms in total. The summed E-state index contributed by atoms with van der Waals surface area (Å²) in [5, 5.41) is 0. The summed E-state index contributed by atoms with van der Waals surface area (Å²) in [5.41, 5.74) is 0. The van der Waals surface area contributed by atoms with Crippen LogP contribution in [-0.4, -0.2) is 37.2 Å². The van der Waals surface area contributed by atoms with Gasteiger partial charge in [0, 0.05) is 19.3 Å². The van der Waals surface area contributed by atoms with Crippen molar-refractivity contribution in [3.8, 4) is 0 Å². The van der Waals surface area contributed by atoms with E-state index in [0.717, 1.165) is 83.5 Å². The lowest BCUT2D eigenvalue weighted by Gasteiger charge is -2.18. The van der Waals surface area contributed by atoms with Gasteiger partial charge in [-0.1, -0.05) is 187 Å². The van der Waals surface area contributed by atoms with E-state index in [4.69, 9.17) is 14.2 Å². The number of unbranched alkanes of at least 4 members (excludes halogenated alkanes) is 9. The van der Waals surface area contributed by atoms with E-state index in [-0.39, 0.29) is 44.4 Å². The molecular formula is C57H88O6. The highest BCUT2D eigenvalue weighted by Crippen LogP contribution is 2.10. The number of hydrogen-bond acceptors (Lipinski definition) is 6. The quantitative estimate of drug-likeness (QED) is 0.0263. The minimum atomic E-state index is -0.851. The molecule has 0 amide bonds. The normalized spacial score (nSPS) is 13.3. The van der Waals surface area contributed by atoms with E-state index < -0.39 is 12.1 Å². The Kier molecular flexibility index (Phi) is 46.7. The fourth-order valence-electron chi connectivity index (χ4n) is 5.99. The Morgan fingerprint density at radius 3 is 1.11 bits per heavy atom. The van der Waals surface area contributed by atoms with Crippen molar-refractivity contribution in [1.29, 1.82) is 0 Å². The molecule has 1 unspecified atom stereocenters. The maximum absolute atomic E-state index is 12.7. The zero-order valence-electron chi connectivity index (χ0n) is 40.0. The summed E-state index contributed by atoms with van der Waals surface area (Å²) < 4.78 is 16.6. The van der Waals surface area contributed by atoms with Gasteiger partial charge in [0.2, 0.25) is 0 Å². The van der Waals surface area contributed by atoms with Crippen LogP contribution in [0.15, 0.2) is 134 Å². The molecule has 1 atom stereocenters. The molecule has 0 heterocycles. The van der Waals surface area contributed by atoms with Gasteiger partial charge in [0.1, 0.15) is 13.2 Å². The van der Waals surface area contributed by atoms with Crippen LogP contribution in [0.2, 0.25) is 0 Å². The Labute approximate surface area is 385 Å². The lowest BCUT2D eigenvalue weighted by molar-refractivity contribution is -0.166. The first kappa shape index (κ1) is 58.6. The van der Waals surface area contributed by atoms with Gasteiger partial charge < -0.3 is 14.2 Å². The van der Waals surface area contributed by atoms with Crippen molar-refractivity contribution in [2.24, 2.45) is 0 Å². The maximum atomic E-state index is 12.7. The van der Waals surface area contributed by atoms with Crippen molar-refractivity contribution >= 4 is 17.9 Å². The Hall–Kier alpha value is -4.45. The number of carbonyl (C=O) groups is 3. The number of esters is 3. The van der Waals surface area contributed by atoms with Gasteiger partial charge in [0.15, 0.2) is 6.10 Å². The number of carbonyl (C=O) groups excluding carboxylic acids is 3. The minimum Gasteiger partial charge on any atom is -0.462 e. The van der Waals surface area contributed by atoms with Crippen LogP contribution >= 0.6 is 0 Å². The molecule has 0 aromatic rings. The summed E-state index contributed by atoms with van der Waals surface area (Å²) in [6.07, 6.45) is 70.4. The number of allylic oxidation sites excluding steroid dienone is 22. The standard InChI is InChI=1S/C57H88O6/c1-4-7-10-13-16-19-21-23-25-27-28-30-31-33-35-38-41-44-47-50-56(59)62-53-54(52-61-55(58)49-46-43-40-37-18-15-12-9-6-3)63-57(60)51-48-45-42-39-36-34-32-29-26-24-22-20-17-14-11-8-5-2/h7,9-10,12,16,18-19,23-26,28,30,32-35,37,39,41-42,44,54H,4-6,8,11,13-15,17,20-22,27,29,31,36,38,40,43,45-53H2,1-3H3/b10-7-,12-9-,19-16-,25-23-,26-24-,30-28-,34-32-,35-33-,37-18-,42-39-,44-41-. The first-order valence-electron chi connectivity index (χ1n) is 24.7. The fraction of sp³-hybridized carbons (Fsp3) is 0.561. The minimum absolute atomic E-state index is 0.144. The first-order chi connectivity index (χ1) is 31.0. The van der Waals surface area contributed by atoms with Crippen LogP contribution in [0.25, 0.3) is 0 Å². The molecule has 63 heavy (non-hydrogen) atoms. The predicted octanol–water partition coefficient (Wildman–Crippen LogP) is 16.3. The van der Waals surface area contributed by atoms with Gasteiger partial charge in [0.25, 0.3) is 0 Å². The van der Waals surface area contributed by atoms with Crippen molar-refractivity contribution in [3.63, 3.8) is 0 Å². The predicted molar refractivity (Wildman–Crippen MR) is 269 cm³/mol. The molecule has 0 saturated heterocycles. The topological polar surface area (TPSA) is 78.9 Å². The van der Waals surface area contributed by atoms with Gasteiger partial charge in [-0.3, -0.25) is 14.4 Å². The Morgan fingerprint density at radius 2 is 0.667 bits per heavy atom. The van der Waals surface area contributed by atoms with E-state index in [1.54, 1.807) is 0 Å². The Bertz CT molecular complexity index is 1420. The third-order valence-corrected chi connectivity index (χ3v) is 9.63. The third-order valence-electron chi connectivity index (χ3n) is 9.63. The largest absolute Gasteiger partial charge is 0.462 e. The molecular weight excluding hydrogens is 781 g/mol. The molecule has 6 heteroatoms. The zero-order chi connectivity index (χ0) is 45.8. The van der Waals surface area contributed by atoms with Gasteiger partial charge in [-0.2, -0.15) is 0 Å². The molecule has 0 radical (unpaired) electrons. The lowest BCUT2D eigenvalue weighted by atomic mass is 10.1. The molecule has 0 bridgehead atoms. The van der Waals surface area contributed by atoms with Gasteiger partial charge in [-0.15, -0.1) is 0 Å². The Balaban J connectivity index is 4.58. The smallest absolute Gasteiger partial charge is 0.306 e. The number of ether oxygens (including phenoxy) is 3. The summed E-state index contributed by atoms with van der Waals surface area (Å²) in [4.78, 5) is 37.8. The second kappa shape index (κ2) is 50.2. The highest BCUT2D eigenvalue weighted by atomic mass is 16.6. The molecule has 352 valence electrons. The van der Waals surface area contributed by atoms with Crippen LogP contribution in [0.4, 0.5) is 0 Å².